The van der Waals surface area contributed by atoms with Crippen molar-refractivity contribution in [2.75, 3.05) is 60.0 Å². The number of likely N-dealkylation sites (N-methyl/N-ethyl adjacent to an activating group) is 1. The molecule has 0 bridgehead atoms. The molecule has 1 heterocycles. The molecular formula is C15H34IN5O. The number of guanidine groups is 1. The van der Waals surface area contributed by atoms with Crippen molar-refractivity contribution >= 4 is 29.9 Å². The highest BCUT2D eigenvalue weighted by molar-refractivity contribution is 14.0. The number of piperazine rings is 1. The Morgan fingerprint density at radius 2 is 1.86 bits per heavy atom. The van der Waals surface area contributed by atoms with Crippen LogP contribution in [0.2, 0.25) is 0 Å². The first-order valence-electron chi connectivity index (χ1n) is 8.03. The van der Waals surface area contributed by atoms with Crippen LogP contribution in [0.5, 0.6) is 0 Å². The van der Waals surface area contributed by atoms with Crippen molar-refractivity contribution in [3.8, 4) is 0 Å². The molecule has 1 aliphatic rings. The van der Waals surface area contributed by atoms with Gasteiger partial charge < -0.3 is 20.3 Å². The lowest BCUT2D eigenvalue weighted by molar-refractivity contribution is 0.107. The quantitative estimate of drug-likeness (QED) is 0.358. The maximum absolute atomic E-state index is 5.13. The zero-order valence-electron chi connectivity index (χ0n) is 14.8. The Hall–Kier alpha value is -0.120. The summed E-state index contributed by atoms with van der Waals surface area (Å²) in [5, 5.41) is 6.74. The molecule has 0 aliphatic carbocycles. The lowest BCUT2D eigenvalue weighted by Gasteiger charge is -2.37. The predicted octanol–water partition coefficient (Wildman–Crippen LogP) is 0.830. The van der Waals surface area contributed by atoms with E-state index in [4.69, 9.17) is 4.74 Å². The fraction of sp³-hybridized carbons (Fsp3) is 0.933. The number of nitrogens with one attached hydrogen (secondary N) is 2. The van der Waals surface area contributed by atoms with Crippen molar-refractivity contribution < 1.29 is 4.74 Å². The Labute approximate surface area is 153 Å². The Morgan fingerprint density at radius 3 is 2.36 bits per heavy atom. The highest BCUT2D eigenvalue weighted by atomic mass is 127. The number of halogens is 1. The molecule has 0 aromatic heterocycles. The summed E-state index contributed by atoms with van der Waals surface area (Å²) in [6.07, 6.45) is 0. The van der Waals surface area contributed by atoms with Gasteiger partial charge in [-0.2, -0.15) is 0 Å². The average Bonchev–Trinajstić information content (AvgIpc) is 2.51. The molecule has 0 aromatic rings. The molecule has 22 heavy (non-hydrogen) atoms. The minimum Gasteiger partial charge on any atom is -0.383 e. The van der Waals surface area contributed by atoms with Crippen LogP contribution >= 0.6 is 24.0 Å². The van der Waals surface area contributed by atoms with Crippen LogP contribution in [0.3, 0.4) is 0 Å². The molecule has 6 nitrogen and oxygen atoms in total. The topological polar surface area (TPSA) is 52.1 Å². The van der Waals surface area contributed by atoms with Gasteiger partial charge in [-0.25, -0.2) is 0 Å². The molecule has 0 aromatic carbocycles. The summed E-state index contributed by atoms with van der Waals surface area (Å²) in [6, 6.07) is 0.768. The molecule has 0 saturated carbocycles. The van der Waals surface area contributed by atoms with Gasteiger partial charge in [0.05, 0.1) is 6.61 Å². The van der Waals surface area contributed by atoms with Crippen LogP contribution in [0.25, 0.3) is 0 Å². The van der Waals surface area contributed by atoms with E-state index in [2.05, 4.69) is 46.2 Å². The summed E-state index contributed by atoms with van der Waals surface area (Å²) in [7, 11) is 3.52. The first kappa shape index (κ1) is 21.9. The second kappa shape index (κ2) is 12.3. The Bertz CT molecular complexity index is 308. The largest absolute Gasteiger partial charge is 0.383 e. The van der Waals surface area contributed by atoms with Crippen LogP contribution in [0.4, 0.5) is 0 Å². The van der Waals surface area contributed by atoms with Crippen LogP contribution < -0.4 is 10.6 Å². The molecule has 0 amide bonds. The fourth-order valence-electron chi connectivity index (χ4n) is 2.61. The third kappa shape index (κ3) is 7.94. The monoisotopic (exact) mass is 427 g/mol. The van der Waals surface area contributed by atoms with Crippen LogP contribution in [-0.2, 0) is 4.74 Å². The molecule has 2 N–H and O–H groups in total. The summed E-state index contributed by atoms with van der Waals surface area (Å²) in [5.74, 6) is 0.846. The van der Waals surface area contributed by atoms with E-state index in [1.54, 1.807) is 14.2 Å². The Kier molecular flexibility index (Phi) is 12.3. The van der Waals surface area contributed by atoms with Crippen molar-refractivity contribution in [3.05, 3.63) is 0 Å². The minimum atomic E-state index is 0. The number of rotatable bonds is 7. The third-order valence-electron chi connectivity index (χ3n) is 4.07. The van der Waals surface area contributed by atoms with Gasteiger partial charge in [0.1, 0.15) is 0 Å². The van der Waals surface area contributed by atoms with Gasteiger partial charge in [0.15, 0.2) is 5.96 Å². The maximum atomic E-state index is 5.13. The molecule has 1 aliphatic heterocycles. The lowest BCUT2D eigenvalue weighted by Crippen LogP contribution is -2.53. The number of aliphatic imine (C=N–C) groups is 1. The molecular weight excluding hydrogens is 393 g/mol. The number of ether oxygens (including phenoxy) is 1. The minimum absolute atomic E-state index is 0. The maximum Gasteiger partial charge on any atom is 0.191 e. The van der Waals surface area contributed by atoms with E-state index in [0.29, 0.717) is 12.6 Å². The van der Waals surface area contributed by atoms with Crippen molar-refractivity contribution in [3.63, 3.8) is 0 Å². The Morgan fingerprint density at radius 1 is 1.23 bits per heavy atom. The second-order valence-corrected chi connectivity index (χ2v) is 5.77. The molecule has 1 fully saturated rings. The van der Waals surface area contributed by atoms with E-state index in [1.807, 2.05) is 0 Å². The van der Waals surface area contributed by atoms with Crippen LogP contribution in [0, 0.1) is 0 Å². The van der Waals surface area contributed by atoms with Crippen molar-refractivity contribution in [2.45, 2.75) is 32.9 Å². The molecule has 7 heteroatoms. The van der Waals surface area contributed by atoms with Crippen LogP contribution in [0.15, 0.2) is 4.99 Å². The van der Waals surface area contributed by atoms with Crippen LogP contribution in [-0.4, -0.2) is 87.9 Å². The molecule has 132 valence electrons. The van der Waals surface area contributed by atoms with Gasteiger partial charge in [-0.15, -0.1) is 24.0 Å². The first-order chi connectivity index (χ1) is 10.1. The van der Waals surface area contributed by atoms with Gasteiger partial charge in [0.2, 0.25) is 0 Å². The van der Waals surface area contributed by atoms with E-state index in [0.717, 1.165) is 32.1 Å². The van der Waals surface area contributed by atoms with E-state index in [-0.39, 0.29) is 30.0 Å². The Balaban J connectivity index is 0.00000441. The van der Waals surface area contributed by atoms with Gasteiger partial charge in [0, 0.05) is 59.0 Å². The third-order valence-corrected chi connectivity index (χ3v) is 4.07. The van der Waals surface area contributed by atoms with E-state index >= 15 is 0 Å². The van der Waals surface area contributed by atoms with Crippen molar-refractivity contribution in [2.24, 2.45) is 4.99 Å². The lowest BCUT2D eigenvalue weighted by atomic mass is 10.2. The highest BCUT2D eigenvalue weighted by Gasteiger charge is 2.20. The molecule has 2 unspecified atom stereocenters. The SMILES string of the molecule is CCN1CCN(C(C)CNC(=NC)NC(C)COC)CC1.I. The smallest absolute Gasteiger partial charge is 0.191 e. The molecule has 2 atom stereocenters. The van der Waals surface area contributed by atoms with Gasteiger partial charge in [-0.1, -0.05) is 6.92 Å². The van der Waals surface area contributed by atoms with Gasteiger partial charge in [-0.3, -0.25) is 9.89 Å². The normalized spacial score (nSPS) is 20.1. The van der Waals surface area contributed by atoms with E-state index in [1.165, 1.54) is 13.1 Å². The van der Waals surface area contributed by atoms with Gasteiger partial charge in [-0.05, 0) is 20.4 Å². The summed E-state index contributed by atoms with van der Waals surface area (Å²) >= 11 is 0. The summed E-state index contributed by atoms with van der Waals surface area (Å²) in [6.45, 7) is 14.0. The standard InChI is InChI=1S/C15H33N5O.HI/c1-6-19-7-9-20(10-8-19)14(3)11-17-15(16-4)18-13(2)12-21-5;/h13-14H,6-12H2,1-5H3,(H2,16,17,18);1H. The second-order valence-electron chi connectivity index (χ2n) is 5.77. The van der Waals surface area contributed by atoms with Gasteiger partial charge >= 0.3 is 0 Å². The average molecular weight is 427 g/mol. The zero-order valence-corrected chi connectivity index (χ0v) is 17.1. The van der Waals surface area contributed by atoms with Gasteiger partial charge in [0.25, 0.3) is 0 Å². The molecule has 1 saturated heterocycles. The molecule has 0 radical (unpaired) electrons. The first-order valence-corrected chi connectivity index (χ1v) is 8.03. The number of hydrogen-bond donors (Lipinski definition) is 2. The van der Waals surface area contributed by atoms with Crippen molar-refractivity contribution in [1.82, 2.24) is 20.4 Å². The summed E-state index contributed by atoms with van der Waals surface area (Å²) in [4.78, 5) is 9.31. The number of hydrogen-bond acceptors (Lipinski definition) is 4. The summed E-state index contributed by atoms with van der Waals surface area (Å²) in [5.41, 5.74) is 0. The van der Waals surface area contributed by atoms with E-state index in [9.17, 15) is 0 Å². The fourth-order valence-corrected chi connectivity index (χ4v) is 2.61. The van der Waals surface area contributed by atoms with Crippen LogP contribution in [0.1, 0.15) is 20.8 Å². The van der Waals surface area contributed by atoms with E-state index < -0.39 is 0 Å². The number of methoxy groups -OCH3 is 1. The number of nitrogens with zero attached hydrogens (tertiary/aromatic N) is 3. The zero-order chi connectivity index (χ0) is 15.7. The van der Waals surface area contributed by atoms with Crippen molar-refractivity contribution in [1.29, 1.82) is 0 Å². The molecule has 1 rings (SSSR count). The predicted molar refractivity (Wildman–Crippen MR) is 104 cm³/mol. The highest BCUT2D eigenvalue weighted by Crippen LogP contribution is 2.05. The summed E-state index contributed by atoms with van der Waals surface area (Å²) < 4.78 is 5.13. The molecule has 0 spiro atoms.